The molecule has 0 amide bonds. The van der Waals surface area contributed by atoms with Gasteiger partial charge < -0.3 is 8.83 Å². The van der Waals surface area contributed by atoms with Gasteiger partial charge in [-0.3, -0.25) is 10.1 Å². The minimum atomic E-state index is 0.253. The average Bonchev–Trinajstić information content (AvgIpc) is 2.94. The van der Waals surface area contributed by atoms with Gasteiger partial charge >= 0.3 is 6.01 Å². The van der Waals surface area contributed by atoms with Gasteiger partial charge in [0.2, 0.25) is 5.88 Å². The number of para-hydroxylation sites is 2. The van der Waals surface area contributed by atoms with E-state index in [1.807, 2.05) is 24.3 Å². The van der Waals surface area contributed by atoms with Crippen molar-refractivity contribution < 1.29 is 13.6 Å². The van der Waals surface area contributed by atoms with Crippen LogP contribution in [0.3, 0.4) is 0 Å². The molecule has 5 nitrogen and oxygen atoms in total. The number of carbonyl (C=O) groups is 1. The minimum Gasteiger partial charge on any atom is -0.437 e. The summed E-state index contributed by atoms with van der Waals surface area (Å²) < 4.78 is 10.6. The van der Waals surface area contributed by atoms with E-state index in [0.717, 1.165) is 5.52 Å². The van der Waals surface area contributed by atoms with Crippen molar-refractivity contribution in [1.29, 1.82) is 0 Å². The van der Waals surface area contributed by atoms with Gasteiger partial charge in [0.05, 0.1) is 0 Å². The van der Waals surface area contributed by atoms with Gasteiger partial charge in [0.1, 0.15) is 5.52 Å². The molecule has 0 spiro atoms. The van der Waals surface area contributed by atoms with Crippen LogP contribution >= 0.6 is 0 Å². The molecule has 0 aliphatic rings. The van der Waals surface area contributed by atoms with E-state index in [9.17, 15) is 4.79 Å². The molecule has 1 N–H and O–H groups in total. The summed E-state index contributed by atoms with van der Waals surface area (Å²) in [6, 6.07) is 11.0. The summed E-state index contributed by atoms with van der Waals surface area (Å²) in [7, 11) is 0. The van der Waals surface area contributed by atoms with Crippen LogP contribution in [0, 0.1) is 0 Å². The average molecular weight is 228 g/mol. The Morgan fingerprint density at radius 1 is 1.12 bits per heavy atom. The van der Waals surface area contributed by atoms with E-state index in [2.05, 4.69) is 10.3 Å². The van der Waals surface area contributed by atoms with E-state index in [1.165, 1.54) is 0 Å². The van der Waals surface area contributed by atoms with Crippen LogP contribution in [-0.4, -0.2) is 11.3 Å². The van der Waals surface area contributed by atoms with E-state index < -0.39 is 0 Å². The molecule has 0 saturated heterocycles. The van der Waals surface area contributed by atoms with Crippen LogP contribution in [0.5, 0.6) is 0 Å². The summed E-state index contributed by atoms with van der Waals surface area (Å²) in [4.78, 5) is 14.7. The quantitative estimate of drug-likeness (QED) is 0.698. The summed E-state index contributed by atoms with van der Waals surface area (Å²) in [5, 5.41) is 2.84. The Labute approximate surface area is 96.1 Å². The van der Waals surface area contributed by atoms with Crippen molar-refractivity contribution in [3.8, 4) is 0 Å². The monoisotopic (exact) mass is 228 g/mol. The van der Waals surface area contributed by atoms with Crippen molar-refractivity contribution in [2.24, 2.45) is 0 Å². The van der Waals surface area contributed by atoms with Crippen LogP contribution in [0.4, 0.5) is 11.9 Å². The molecule has 0 fully saturated rings. The highest BCUT2D eigenvalue weighted by atomic mass is 16.4. The van der Waals surface area contributed by atoms with Gasteiger partial charge in [-0.1, -0.05) is 12.1 Å². The number of furan rings is 1. The zero-order valence-electron chi connectivity index (χ0n) is 8.71. The first-order valence-electron chi connectivity index (χ1n) is 5.03. The highest BCUT2D eigenvalue weighted by molar-refractivity contribution is 5.75. The second-order valence-corrected chi connectivity index (χ2v) is 3.43. The Kier molecular flexibility index (Phi) is 2.15. The number of carbonyl (C=O) groups excluding carboxylic acids is 1. The van der Waals surface area contributed by atoms with Gasteiger partial charge in [0.25, 0.3) is 0 Å². The Hall–Kier alpha value is -2.56. The molecule has 84 valence electrons. The maximum absolute atomic E-state index is 10.5. The Morgan fingerprint density at radius 2 is 2.00 bits per heavy atom. The fourth-order valence-electron chi connectivity index (χ4n) is 1.51. The molecule has 0 radical (unpaired) electrons. The van der Waals surface area contributed by atoms with E-state index in [1.54, 1.807) is 12.1 Å². The first-order chi connectivity index (χ1) is 8.35. The number of oxazole rings is 1. The lowest BCUT2D eigenvalue weighted by Crippen LogP contribution is -1.87. The number of fused-ring (bicyclic) bond motifs is 1. The van der Waals surface area contributed by atoms with E-state index >= 15 is 0 Å². The fraction of sp³-hybridized carbons (Fsp3) is 0. The lowest BCUT2D eigenvalue weighted by molar-refractivity contribution is 0.110. The van der Waals surface area contributed by atoms with Crippen LogP contribution in [-0.2, 0) is 0 Å². The van der Waals surface area contributed by atoms with Gasteiger partial charge in [-0.05, 0) is 18.2 Å². The molecule has 0 bridgehead atoms. The van der Waals surface area contributed by atoms with Gasteiger partial charge in [0.15, 0.2) is 17.6 Å². The Bertz CT molecular complexity index is 636. The first kappa shape index (κ1) is 9.65. The lowest BCUT2D eigenvalue weighted by Gasteiger charge is -1.93. The van der Waals surface area contributed by atoms with Crippen LogP contribution in [0.1, 0.15) is 10.6 Å². The number of benzene rings is 1. The topological polar surface area (TPSA) is 68.3 Å². The molecule has 17 heavy (non-hydrogen) atoms. The molecule has 5 heteroatoms. The van der Waals surface area contributed by atoms with Crippen LogP contribution in [0.2, 0.25) is 0 Å². The number of hydrogen-bond donors (Lipinski definition) is 1. The summed E-state index contributed by atoms with van der Waals surface area (Å²) >= 11 is 0. The summed E-state index contributed by atoms with van der Waals surface area (Å²) in [5.41, 5.74) is 1.45. The molecular weight excluding hydrogens is 220 g/mol. The molecule has 0 saturated carbocycles. The molecule has 0 atom stereocenters. The third-order valence-electron chi connectivity index (χ3n) is 2.27. The number of nitrogens with zero attached hydrogens (tertiary/aromatic N) is 1. The number of aromatic nitrogens is 1. The normalized spacial score (nSPS) is 10.6. The number of nitrogens with one attached hydrogen (secondary N) is 1. The number of anilines is 2. The van der Waals surface area contributed by atoms with Gasteiger partial charge in [-0.25, -0.2) is 0 Å². The highest BCUT2D eigenvalue weighted by Crippen LogP contribution is 2.22. The smallest absolute Gasteiger partial charge is 0.302 e. The van der Waals surface area contributed by atoms with Crippen LogP contribution in [0.25, 0.3) is 11.1 Å². The maximum Gasteiger partial charge on any atom is 0.302 e. The predicted octanol–water partition coefficient (Wildman–Crippen LogP) is 2.98. The second kappa shape index (κ2) is 3.79. The molecule has 3 rings (SSSR count). The van der Waals surface area contributed by atoms with Crippen molar-refractivity contribution in [2.75, 3.05) is 5.32 Å². The van der Waals surface area contributed by atoms with Crippen molar-refractivity contribution in [3.05, 3.63) is 42.2 Å². The van der Waals surface area contributed by atoms with Gasteiger partial charge in [-0.15, -0.1) is 0 Å². The molecule has 0 unspecified atom stereocenters. The third kappa shape index (κ3) is 1.78. The van der Waals surface area contributed by atoms with Crippen LogP contribution in [0.15, 0.2) is 45.2 Å². The minimum absolute atomic E-state index is 0.253. The van der Waals surface area contributed by atoms with E-state index in [-0.39, 0.29) is 5.76 Å². The molecule has 3 aromatic rings. The Morgan fingerprint density at radius 3 is 2.76 bits per heavy atom. The number of hydrogen-bond acceptors (Lipinski definition) is 5. The third-order valence-corrected chi connectivity index (χ3v) is 2.27. The van der Waals surface area contributed by atoms with Gasteiger partial charge in [-0.2, -0.15) is 4.98 Å². The van der Waals surface area contributed by atoms with Crippen LogP contribution < -0.4 is 5.32 Å². The number of aldehydes is 1. The maximum atomic E-state index is 10.5. The standard InChI is InChI=1S/C12H8N2O3/c15-7-8-5-6-11(16-8)14-12-13-9-3-1-2-4-10(9)17-12/h1-7H,(H,13,14). The molecule has 2 heterocycles. The fourth-order valence-corrected chi connectivity index (χ4v) is 1.51. The SMILES string of the molecule is O=Cc1ccc(Nc2nc3ccccc3o2)o1. The first-order valence-corrected chi connectivity index (χ1v) is 5.03. The summed E-state index contributed by atoms with van der Waals surface area (Å²) in [5.74, 6) is 0.669. The zero-order valence-corrected chi connectivity index (χ0v) is 8.71. The summed E-state index contributed by atoms with van der Waals surface area (Å²) in [6.45, 7) is 0. The predicted molar refractivity (Wildman–Crippen MR) is 61.4 cm³/mol. The van der Waals surface area contributed by atoms with Crippen molar-refractivity contribution >= 4 is 29.3 Å². The zero-order chi connectivity index (χ0) is 11.7. The van der Waals surface area contributed by atoms with E-state index in [0.29, 0.717) is 23.8 Å². The van der Waals surface area contributed by atoms with Gasteiger partial charge in [0, 0.05) is 6.07 Å². The van der Waals surface area contributed by atoms with Crippen molar-refractivity contribution in [3.63, 3.8) is 0 Å². The Balaban J connectivity index is 1.91. The second-order valence-electron chi connectivity index (χ2n) is 3.43. The molecule has 2 aromatic heterocycles. The molecule has 0 aliphatic carbocycles. The van der Waals surface area contributed by atoms with Crippen molar-refractivity contribution in [2.45, 2.75) is 0 Å². The molecule has 0 aliphatic heterocycles. The number of rotatable bonds is 3. The summed E-state index contributed by atoms with van der Waals surface area (Å²) in [6.07, 6.45) is 0.636. The van der Waals surface area contributed by atoms with Crippen molar-refractivity contribution in [1.82, 2.24) is 4.98 Å². The highest BCUT2D eigenvalue weighted by Gasteiger charge is 2.07. The largest absolute Gasteiger partial charge is 0.437 e. The molecule has 1 aromatic carbocycles. The molecular formula is C12H8N2O3. The lowest BCUT2D eigenvalue weighted by atomic mass is 10.3. The van der Waals surface area contributed by atoms with E-state index in [4.69, 9.17) is 8.83 Å².